The molecule has 1 atom stereocenters. The molecule has 1 aliphatic heterocycles. The number of aryl methyl sites for hydroxylation is 2. The second-order valence-electron chi connectivity index (χ2n) is 9.48. The van der Waals surface area contributed by atoms with E-state index >= 15 is 0 Å². The summed E-state index contributed by atoms with van der Waals surface area (Å²) in [7, 11) is 0. The van der Waals surface area contributed by atoms with Crippen molar-refractivity contribution in [2.75, 3.05) is 24.7 Å². The first-order valence-electron chi connectivity index (χ1n) is 13.6. The topological polar surface area (TPSA) is 115 Å². The van der Waals surface area contributed by atoms with Gasteiger partial charge in [0.05, 0.1) is 37.1 Å². The maximum atomic E-state index is 13.6. The summed E-state index contributed by atoms with van der Waals surface area (Å²) in [5.41, 5.74) is 1.95. The highest BCUT2D eigenvalue weighted by molar-refractivity contribution is 7.17. The molecule has 10 heteroatoms. The summed E-state index contributed by atoms with van der Waals surface area (Å²) < 4.78 is 16.5. The number of benzene rings is 2. The number of hydrogen-bond donors (Lipinski definition) is 1. The summed E-state index contributed by atoms with van der Waals surface area (Å²) in [6, 6.07) is 11.2. The zero-order valence-electron chi connectivity index (χ0n) is 23.9. The van der Waals surface area contributed by atoms with Gasteiger partial charge in [0.2, 0.25) is 0 Å². The number of anilines is 1. The summed E-state index contributed by atoms with van der Waals surface area (Å²) in [5.74, 6) is -1.29. The van der Waals surface area contributed by atoms with Crippen LogP contribution in [0.25, 0.3) is 5.76 Å². The SMILES string of the molecule is CCCCOc1ccc(C2C(=C(O)c3ccc(OCC)cc3C)C(=O)C(=O)N2c2nc(C)c(C(=O)OCC)s2)cc1. The largest absolute Gasteiger partial charge is 0.507 e. The minimum absolute atomic E-state index is 0.0764. The van der Waals surface area contributed by atoms with Gasteiger partial charge in [-0.2, -0.15) is 0 Å². The number of amides is 1. The van der Waals surface area contributed by atoms with Crippen LogP contribution in [-0.4, -0.2) is 47.6 Å². The molecule has 1 N–H and O–H groups in total. The third-order valence-corrected chi connectivity index (χ3v) is 7.76. The number of hydrogen-bond acceptors (Lipinski definition) is 9. The number of Topliss-reactive ketones (excluding diaryl/α,β-unsaturated/α-hetero) is 1. The Morgan fingerprint density at radius 3 is 2.34 bits per heavy atom. The normalized spacial score (nSPS) is 16.2. The van der Waals surface area contributed by atoms with Crippen LogP contribution in [0.1, 0.15) is 71.7 Å². The summed E-state index contributed by atoms with van der Waals surface area (Å²) in [6.07, 6.45) is 1.91. The molecular formula is C31H34N2O7S. The third kappa shape index (κ3) is 6.12. The lowest BCUT2D eigenvalue weighted by atomic mass is 9.94. The van der Waals surface area contributed by atoms with Crippen molar-refractivity contribution in [2.45, 2.75) is 53.5 Å². The van der Waals surface area contributed by atoms with Crippen LogP contribution < -0.4 is 14.4 Å². The fraction of sp³-hybridized carbons (Fsp3) is 0.355. The fourth-order valence-electron chi connectivity index (χ4n) is 4.60. The zero-order chi connectivity index (χ0) is 29.7. The number of rotatable bonds is 11. The van der Waals surface area contributed by atoms with E-state index in [4.69, 9.17) is 14.2 Å². The lowest BCUT2D eigenvalue weighted by Crippen LogP contribution is -2.29. The summed E-state index contributed by atoms with van der Waals surface area (Å²) in [5, 5.41) is 11.7. The fourth-order valence-corrected chi connectivity index (χ4v) is 5.59. The van der Waals surface area contributed by atoms with E-state index in [0.29, 0.717) is 47.1 Å². The van der Waals surface area contributed by atoms with Gasteiger partial charge in [-0.3, -0.25) is 14.5 Å². The molecule has 0 bridgehead atoms. The Balaban J connectivity index is 1.85. The number of aliphatic hydroxyl groups excluding tert-OH is 1. The zero-order valence-corrected chi connectivity index (χ0v) is 24.7. The highest BCUT2D eigenvalue weighted by atomic mass is 32.1. The quantitative estimate of drug-likeness (QED) is 0.0949. The summed E-state index contributed by atoms with van der Waals surface area (Å²) >= 11 is 0.968. The molecule has 1 aliphatic rings. The molecule has 0 aliphatic carbocycles. The van der Waals surface area contributed by atoms with Crippen LogP contribution in [-0.2, 0) is 14.3 Å². The Labute approximate surface area is 243 Å². The van der Waals surface area contributed by atoms with Gasteiger partial charge in [-0.05, 0) is 75.6 Å². The Bertz CT molecular complexity index is 1480. The second-order valence-corrected chi connectivity index (χ2v) is 10.5. The molecule has 9 nitrogen and oxygen atoms in total. The average molecular weight is 579 g/mol. The Hall–Kier alpha value is -4.18. The van der Waals surface area contributed by atoms with Gasteiger partial charge in [0.25, 0.3) is 5.78 Å². The number of carbonyl (C=O) groups is 3. The number of esters is 1. The first-order valence-corrected chi connectivity index (χ1v) is 14.4. The van der Waals surface area contributed by atoms with E-state index in [1.165, 1.54) is 4.90 Å². The van der Waals surface area contributed by atoms with E-state index in [1.54, 1.807) is 63.2 Å². The monoisotopic (exact) mass is 578 g/mol. The number of carbonyl (C=O) groups excluding carboxylic acids is 3. The molecule has 2 aromatic carbocycles. The molecule has 0 spiro atoms. The van der Waals surface area contributed by atoms with E-state index < -0.39 is 23.7 Å². The molecule has 41 heavy (non-hydrogen) atoms. The molecular weight excluding hydrogens is 544 g/mol. The van der Waals surface area contributed by atoms with Crippen LogP contribution in [0.2, 0.25) is 0 Å². The molecule has 3 aromatic rings. The van der Waals surface area contributed by atoms with Gasteiger partial charge >= 0.3 is 11.9 Å². The van der Waals surface area contributed by atoms with Gasteiger partial charge in [0.1, 0.15) is 22.1 Å². The number of thiazole rings is 1. The van der Waals surface area contributed by atoms with Crippen LogP contribution >= 0.6 is 11.3 Å². The van der Waals surface area contributed by atoms with Crippen molar-refractivity contribution in [3.63, 3.8) is 0 Å². The van der Waals surface area contributed by atoms with Gasteiger partial charge < -0.3 is 19.3 Å². The maximum Gasteiger partial charge on any atom is 0.350 e. The van der Waals surface area contributed by atoms with E-state index in [1.807, 2.05) is 6.92 Å². The van der Waals surface area contributed by atoms with Crippen molar-refractivity contribution in [3.05, 3.63) is 75.3 Å². The minimum Gasteiger partial charge on any atom is -0.507 e. The molecule has 2 heterocycles. The highest BCUT2D eigenvalue weighted by Gasteiger charge is 2.48. The van der Waals surface area contributed by atoms with Crippen molar-refractivity contribution in [1.82, 2.24) is 4.98 Å². The van der Waals surface area contributed by atoms with Gasteiger partial charge in [-0.25, -0.2) is 9.78 Å². The predicted molar refractivity (Wildman–Crippen MR) is 157 cm³/mol. The highest BCUT2D eigenvalue weighted by Crippen LogP contribution is 2.44. The first-order chi connectivity index (χ1) is 19.7. The number of ether oxygens (including phenoxy) is 3. The van der Waals surface area contributed by atoms with Gasteiger partial charge in [-0.15, -0.1) is 0 Å². The van der Waals surface area contributed by atoms with Crippen LogP contribution in [0.15, 0.2) is 48.0 Å². The molecule has 1 unspecified atom stereocenters. The van der Waals surface area contributed by atoms with Crippen LogP contribution in [0.5, 0.6) is 11.5 Å². The minimum atomic E-state index is -0.994. The number of aliphatic hydroxyl groups is 1. The molecule has 1 fully saturated rings. The van der Waals surface area contributed by atoms with Gasteiger partial charge in [0.15, 0.2) is 5.13 Å². The third-order valence-electron chi connectivity index (χ3n) is 6.62. The molecule has 216 valence electrons. The lowest BCUT2D eigenvalue weighted by molar-refractivity contribution is -0.132. The Kier molecular flexibility index (Phi) is 9.44. The van der Waals surface area contributed by atoms with E-state index in [9.17, 15) is 19.5 Å². The van der Waals surface area contributed by atoms with Crippen molar-refractivity contribution in [3.8, 4) is 11.5 Å². The Morgan fingerprint density at radius 2 is 1.71 bits per heavy atom. The summed E-state index contributed by atoms with van der Waals surface area (Å²) in [4.78, 5) is 45.6. The smallest absolute Gasteiger partial charge is 0.350 e. The molecule has 4 rings (SSSR count). The lowest BCUT2D eigenvalue weighted by Gasteiger charge is -2.23. The van der Waals surface area contributed by atoms with Crippen molar-refractivity contribution < 1.29 is 33.7 Å². The van der Waals surface area contributed by atoms with Crippen LogP contribution in [0, 0.1) is 13.8 Å². The van der Waals surface area contributed by atoms with Gasteiger partial charge in [-0.1, -0.05) is 36.8 Å². The molecule has 0 radical (unpaired) electrons. The van der Waals surface area contributed by atoms with E-state index in [0.717, 1.165) is 24.2 Å². The molecule has 1 aromatic heterocycles. The van der Waals surface area contributed by atoms with Crippen molar-refractivity contribution in [1.29, 1.82) is 0 Å². The van der Waals surface area contributed by atoms with Crippen molar-refractivity contribution >= 4 is 39.9 Å². The van der Waals surface area contributed by atoms with Crippen molar-refractivity contribution in [2.24, 2.45) is 0 Å². The Morgan fingerprint density at radius 1 is 1.00 bits per heavy atom. The van der Waals surface area contributed by atoms with Gasteiger partial charge in [0, 0.05) is 5.56 Å². The van der Waals surface area contributed by atoms with Crippen LogP contribution in [0.3, 0.4) is 0 Å². The average Bonchev–Trinajstić information content (AvgIpc) is 3.46. The van der Waals surface area contributed by atoms with E-state index in [2.05, 4.69) is 11.9 Å². The first kappa shape index (κ1) is 29.8. The standard InChI is InChI=1S/C31H34N2O7S/c1-6-9-16-40-21-12-10-20(11-13-21)25-24(26(34)23-15-14-22(38-7-2)17-18(23)4)27(35)29(36)33(25)31-32-19(5)28(41-31)30(37)39-8-3/h10-15,17,25,34H,6-9,16H2,1-5H3. The summed E-state index contributed by atoms with van der Waals surface area (Å²) in [6.45, 7) is 10.3. The van der Waals surface area contributed by atoms with E-state index in [-0.39, 0.29) is 27.9 Å². The molecule has 0 saturated carbocycles. The number of aromatic nitrogens is 1. The molecule has 1 amide bonds. The van der Waals surface area contributed by atoms with Crippen LogP contribution in [0.4, 0.5) is 5.13 Å². The second kappa shape index (κ2) is 13.0. The number of unbranched alkanes of at least 4 members (excludes halogenated alkanes) is 1. The number of nitrogens with zero attached hydrogens (tertiary/aromatic N) is 2. The number of ketones is 1. The maximum absolute atomic E-state index is 13.6. The molecule has 1 saturated heterocycles. The predicted octanol–water partition coefficient (Wildman–Crippen LogP) is 6.14.